The molecule has 1 aliphatic carbocycles. The Morgan fingerprint density at radius 3 is 2.84 bits per heavy atom. The second-order valence-electron chi connectivity index (χ2n) is 6.78. The van der Waals surface area contributed by atoms with Gasteiger partial charge in [0.1, 0.15) is 6.10 Å². The summed E-state index contributed by atoms with van der Waals surface area (Å²) in [5.41, 5.74) is 2.50. The summed E-state index contributed by atoms with van der Waals surface area (Å²) in [6.45, 7) is 1.03. The van der Waals surface area contributed by atoms with Crippen LogP contribution in [0.4, 0.5) is 0 Å². The van der Waals surface area contributed by atoms with Gasteiger partial charge in [0.15, 0.2) is 0 Å². The van der Waals surface area contributed by atoms with E-state index < -0.39 is 6.10 Å². The molecule has 1 fully saturated rings. The highest BCUT2D eigenvalue weighted by Gasteiger charge is 2.25. The Balaban J connectivity index is 1.53. The molecule has 1 unspecified atom stereocenters. The van der Waals surface area contributed by atoms with Crippen LogP contribution in [0, 0.1) is 0 Å². The number of benzene rings is 1. The number of hydrogen-bond acceptors (Lipinski definition) is 4. The number of hydrogen-bond donors (Lipinski definition) is 1. The highest BCUT2D eigenvalue weighted by Crippen LogP contribution is 2.28. The first kappa shape index (κ1) is 16.1. The molecule has 25 heavy (non-hydrogen) atoms. The average Bonchev–Trinajstić information content (AvgIpc) is 2.77. The molecule has 1 atom stereocenters. The molecule has 5 heteroatoms. The lowest BCUT2D eigenvalue weighted by atomic mass is 9.96. The average molecular weight is 338 g/mol. The molecule has 5 nitrogen and oxygen atoms in total. The number of pyridine rings is 1. The standard InChI is InChI=1S/C20H22N2O3/c23-18-9-11-22(13-15-4-1-2-7-17(15)18)20(24)14-8-10-21-19(12-14)25-16-5-3-6-16/h1-2,4,7-8,10,12,16,18,23H,3,5-6,9,11,13H2. The molecule has 0 bridgehead atoms. The van der Waals surface area contributed by atoms with Gasteiger partial charge >= 0.3 is 0 Å². The lowest BCUT2D eigenvalue weighted by molar-refractivity contribution is 0.0720. The Bertz CT molecular complexity index is 773. The van der Waals surface area contributed by atoms with Crippen LogP contribution in [0.1, 0.15) is 53.3 Å². The molecule has 1 saturated carbocycles. The molecule has 1 N–H and O–H groups in total. The number of aromatic nitrogens is 1. The van der Waals surface area contributed by atoms with Crippen LogP contribution in [-0.2, 0) is 6.54 Å². The van der Waals surface area contributed by atoms with Gasteiger partial charge in [-0.15, -0.1) is 0 Å². The number of carbonyl (C=O) groups is 1. The molecule has 1 aromatic heterocycles. The van der Waals surface area contributed by atoms with Crippen LogP contribution >= 0.6 is 0 Å². The minimum atomic E-state index is -0.524. The highest BCUT2D eigenvalue weighted by molar-refractivity contribution is 5.94. The fourth-order valence-corrected chi connectivity index (χ4v) is 3.34. The third kappa shape index (κ3) is 3.37. The summed E-state index contributed by atoms with van der Waals surface area (Å²) in [6.07, 6.45) is 5.18. The smallest absolute Gasteiger partial charge is 0.254 e. The normalized spacial score (nSPS) is 20.4. The topological polar surface area (TPSA) is 62.7 Å². The zero-order valence-corrected chi connectivity index (χ0v) is 14.1. The quantitative estimate of drug-likeness (QED) is 0.934. The van der Waals surface area contributed by atoms with Crippen molar-refractivity contribution in [3.05, 3.63) is 59.3 Å². The van der Waals surface area contributed by atoms with Crippen molar-refractivity contribution in [2.45, 2.75) is 44.4 Å². The molecule has 2 heterocycles. The van der Waals surface area contributed by atoms with Gasteiger partial charge in [0.05, 0.1) is 6.10 Å². The lowest BCUT2D eigenvalue weighted by Crippen LogP contribution is -2.31. The molecule has 1 aliphatic heterocycles. The maximum atomic E-state index is 13.0. The number of rotatable bonds is 3. The van der Waals surface area contributed by atoms with E-state index in [1.54, 1.807) is 23.2 Å². The monoisotopic (exact) mass is 338 g/mol. The third-order valence-corrected chi connectivity index (χ3v) is 5.06. The summed E-state index contributed by atoms with van der Waals surface area (Å²) < 4.78 is 5.80. The highest BCUT2D eigenvalue weighted by atomic mass is 16.5. The Morgan fingerprint density at radius 2 is 2.04 bits per heavy atom. The number of aliphatic hydroxyl groups is 1. The van der Waals surface area contributed by atoms with Crippen LogP contribution in [0.5, 0.6) is 5.88 Å². The van der Waals surface area contributed by atoms with Crippen LogP contribution < -0.4 is 4.74 Å². The number of carbonyl (C=O) groups excluding carboxylic acids is 1. The lowest BCUT2D eigenvalue weighted by Gasteiger charge is -2.26. The van der Waals surface area contributed by atoms with Crippen LogP contribution in [-0.4, -0.2) is 33.5 Å². The Labute approximate surface area is 147 Å². The van der Waals surface area contributed by atoms with Crippen LogP contribution in [0.3, 0.4) is 0 Å². The van der Waals surface area contributed by atoms with Gasteiger partial charge in [-0.25, -0.2) is 4.98 Å². The molecule has 4 rings (SSSR count). The number of ether oxygens (including phenoxy) is 1. The van der Waals surface area contributed by atoms with Crippen molar-refractivity contribution in [2.75, 3.05) is 6.54 Å². The molecule has 2 aliphatic rings. The summed E-state index contributed by atoms with van der Waals surface area (Å²) in [5.74, 6) is 0.468. The molecule has 2 aromatic rings. The van der Waals surface area contributed by atoms with Crippen LogP contribution in [0.25, 0.3) is 0 Å². The number of aliphatic hydroxyl groups excluding tert-OH is 1. The van der Waals surface area contributed by atoms with E-state index in [4.69, 9.17) is 4.74 Å². The second-order valence-corrected chi connectivity index (χ2v) is 6.78. The van der Waals surface area contributed by atoms with Gasteiger partial charge in [-0.1, -0.05) is 24.3 Å². The first-order chi connectivity index (χ1) is 12.2. The van der Waals surface area contributed by atoms with E-state index in [9.17, 15) is 9.90 Å². The summed E-state index contributed by atoms with van der Waals surface area (Å²) in [7, 11) is 0. The van der Waals surface area contributed by atoms with Gasteiger partial charge in [-0.05, 0) is 42.9 Å². The van der Waals surface area contributed by atoms with Crippen molar-refractivity contribution < 1.29 is 14.6 Å². The third-order valence-electron chi connectivity index (χ3n) is 5.06. The van der Waals surface area contributed by atoms with Crippen molar-refractivity contribution in [2.24, 2.45) is 0 Å². The number of amides is 1. The fraction of sp³-hybridized carbons (Fsp3) is 0.400. The predicted molar refractivity (Wildman–Crippen MR) is 93.3 cm³/mol. The maximum absolute atomic E-state index is 13.0. The van der Waals surface area contributed by atoms with Crippen molar-refractivity contribution in [1.82, 2.24) is 9.88 Å². The van der Waals surface area contributed by atoms with E-state index >= 15 is 0 Å². The van der Waals surface area contributed by atoms with Crippen molar-refractivity contribution in [3.8, 4) is 5.88 Å². The van der Waals surface area contributed by atoms with Crippen LogP contribution in [0.15, 0.2) is 42.6 Å². The molecule has 0 saturated heterocycles. The zero-order chi connectivity index (χ0) is 17.2. The maximum Gasteiger partial charge on any atom is 0.254 e. The van der Waals surface area contributed by atoms with Gasteiger partial charge in [-0.2, -0.15) is 0 Å². The predicted octanol–water partition coefficient (Wildman–Crippen LogP) is 3.09. The number of fused-ring (bicyclic) bond motifs is 1. The molecule has 130 valence electrons. The van der Waals surface area contributed by atoms with Gasteiger partial charge in [0.25, 0.3) is 5.91 Å². The summed E-state index contributed by atoms with van der Waals surface area (Å²) in [6, 6.07) is 11.2. The van der Waals surface area contributed by atoms with E-state index in [1.165, 1.54) is 6.42 Å². The van der Waals surface area contributed by atoms with E-state index in [0.717, 1.165) is 24.0 Å². The second kappa shape index (κ2) is 6.84. The molecular formula is C20H22N2O3. The van der Waals surface area contributed by atoms with Gasteiger partial charge in [-0.3, -0.25) is 4.79 Å². The summed E-state index contributed by atoms with van der Waals surface area (Å²) in [4.78, 5) is 19.0. The minimum Gasteiger partial charge on any atom is -0.474 e. The Kier molecular flexibility index (Phi) is 4.40. The van der Waals surface area contributed by atoms with E-state index in [-0.39, 0.29) is 12.0 Å². The summed E-state index contributed by atoms with van der Waals surface area (Å²) in [5, 5.41) is 10.3. The SMILES string of the molecule is O=C(c1ccnc(OC2CCC2)c1)N1CCC(O)c2ccccc2C1. The Morgan fingerprint density at radius 1 is 1.20 bits per heavy atom. The molecule has 1 amide bonds. The first-order valence-corrected chi connectivity index (χ1v) is 8.88. The summed E-state index contributed by atoms with van der Waals surface area (Å²) >= 11 is 0. The molecule has 0 spiro atoms. The largest absolute Gasteiger partial charge is 0.474 e. The van der Waals surface area contributed by atoms with Crippen molar-refractivity contribution >= 4 is 5.91 Å². The zero-order valence-electron chi connectivity index (χ0n) is 14.1. The minimum absolute atomic E-state index is 0.0511. The van der Waals surface area contributed by atoms with Gasteiger partial charge < -0.3 is 14.7 Å². The first-order valence-electron chi connectivity index (χ1n) is 8.88. The molecule has 1 aromatic carbocycles. The molecule has 0 radical (unpaired) electrons. The van der Waals surface area contributed by atoms with Gasteiger partial charge in [0, 0.05) is 30.9 Å². The van der Waals surface area contributed by atoms with Crippen molar-refractivity contribution in [1.29, 1.82) is 0 Å². The van der Waals surface area contributed by atoms with Crippen LogP contribution in [0.2, 0.25) is 0 Å². The Hall–Kier alpha value is -2.40. The van der Waals surface area contributed by atoms with E-state index in [2.05, 4.69) is 4.98 Å². The fourth-order valence-electron chi connectivity index (χ4n) is 3.34. The molecular weight excluding hydrogens is 316 g/mol. The van der Waals surface area contributed by atoms with Crippen molar-refractivity contribution in [3.63, 3.8) is 0 Å². The van der Waals surface area contributed by atoms with E-state index in [0.29, 0.717) is 31.0 Å². The van der Waals surface area contributed by atoms with E-state index in [1.807, 2.05) is 24.3 Å². The number of nitrogens with zero attached hydrogens (tertiary/aromatic N) is 2. The van der Waals surface area contributed by atoms with Gasteiger partial charge in [0.2, 0.25) is 5.88 Å².